The lowest BCUT2D eigenvalue weighted by molar-refractivity contribution is -0.0435. The second-order valence-corrected chi connectivity index (χ2v) is 8.32. The molecule has 2 aromatic rings. The van der Waals surface area contributed by atoms with Gasteiger partial charge in [-0.25, -0.2) is 9.59 Å². The summed E-state index contributed by atoms with van der Waals surface area (Å²) in [6.07, 6.45) is 1.11. The lowest BCUT2D eigenvalue weighted by Gasteiger charge is -2.35. The number of esters is 1. The van der Waals surface area contributed by atoms with Gasteiger partial charge in [-0.05, 0) is 44.9 Å². The Morgan fingerprint density at radius 2 is 2.03 bits per heavy atom. The third-order valence-corrected chi connectivity index (χ3v) is 4.82. The van der Waals surface area contributed by atoms with Crippen LogP contribution in [0, 0.1) is 0 Å². The quantitative estimate of drug-likeness (QED) is 0.672. The van der Waals surface area contributed by atoms with E-state index in [1.165, 1.54) is 0 Å². The van der Waals surface area contributed by atoms with E-state index in [2.05, 4.69) is 10.3 Å². The number of morpholine rings is 1. The van der Waals surface area contributed by atoms with Crippen LogP contribution < -0.4 is 5.32 Å². The van der Waals surface area contributed by atoms with Gasteiger partial charge in [0.15, 0.2) is 0 Å². The Bertz CT molecular complexity index is 903. The number of nitrogens with zero attached hydrogens (tertiary/aromatic N) is 1. The molecule has 1 saturated heterocycles. The van der Waals surface area contributed by atoms with Crippen molar-refractivity contribution in [1.82, 2.24) is 9.88 Å². The number of benzene rings is 1. The van der Waals surface area contributed by atoms with E-state index in [1.807, 2.05) is 45.0 Å². The molecule has 31 heavy (non-hydrogen) atoms. The molecule has 8 heteroatoms. The number of ether oxygens (including phenoxy) is 3. The standard InChI is InChI=1S/C23H31N3O5/c1-5-29-21(27)20-18(10-11-24-20)25-14-16-8-6-7-9-17(16)19-15-26(12-13-30-19)22(28)31-23(2,3)4/h6-11,19,24-25H,5,12-15H2,1-4H3. The van der Waals surface area contributed by atoms with E-state index in [4.69, 9.17) is 14.2 Å². The van der Waals surface area contributed by atoms with Crippen molar-refractivity contribution < 1.29 is 23.8 Å². The Hall–Kier alpha value is -3.00. The highest BCUT2D eigenvalue weighted by Crippen LogP contribution is 2.27. The fourth-order valence-corrected chi connectivity index (χ4v) is 3.42. The van der Waals surface area contributed by atoms with E-state index in [9.17, 15) is 9.59 Å². The summed E-state index contributed by atoms with van der Waals surface area (Å²) in [4.78, 5) is 29.2. The molecule has 1 aromatic heterocycles. The van der Waals surface area contributed by atoms with Crippen LogP contribution in [0.1, 0.15) is 55.4 Å². The Labute approximate surface area is 182 Å². The van der Waals surface area contributed by atoms with Gasteiger partial charge in [0.2, 0.25) is 0 Å². The van der Waals surface area contributed by atoms with Crippen molar-refractivity contribution >= 4 is 17.7 Å². The maximum Gasteiger partial charge on any atom is 0.410 e. The summed E-state index contributed by atoms with van der Waals surface area (Å²) in [6.45, 7) is 9.51. The maximum atomic E-state index is 12.5. The van der Waals surface area contributed by atoms with Gasteiger partial charge in [0, 0.05) is 19.3 Å². The van der Waals surface area contributed by atoms with E-state index in [-0.39, 0.29) is 12.2 Å². The van der Waals surface area contributed by atoms with Crippen molar-refractivity contribution in [1.29, 1.82) is 0 Å². The Kier molecular flexibility index (Phi) is 7.22. The first-order valence-electron chi connectivity index (χ1n) is 10.5. The van der Waals surface area contributed by atoms with Crippen molar-refractivity contribution in [3.05, 3.63) is 53.3 Å². The number of rotatable bonds is 6. The zero-order valence-corrected chi connectivity index (χ0v) is 18.6. The van der Waals surface area contributed by atoms with Gasteiger partial charge in [-0.1, -0.05) is 24.3 Å². The number of carbonyl (C=O) groups excluding carboxylic acids is 2. The molecule has 168 valence electrons. The Morgan fingerprint density at radius 1 is 1.26 bits per heavy atom. The minimum atomic E-state index is -0.542. The molecule has 1 amide bonds. The number of aromatic amines is 1. The number of nitrogens with one attached hydrogen (secondary N) is 2. The third-order valence-electron chi connectivity index (χ3n) is 4.82. The van der Waals surface area contributed by atoms with Gasteiger partial charge in [0.25, 0.3) is 0 Å². The Balaban J connectivity index is 1.70. The minimum Gasteiger partial charge on any atom is -0.461 e. The van der Waals surface area contributed by atoms with Gasteiger partial charge in [-0.15, -0.1) is 0 Å². The number of aromatic nitrogens is 1. The zero-order chi connectivity index (χ0) is 22.4. The topological polar surface area (TPSA) is 92.9 Å². The number of hydrogen-bond donors (Lipinski definition) is 2. The largest absolute Gasteiger partial charge is 0.461 e. The summed E-state index contributed by atoms with van der Waals surface area (Å²) < 4.78 is 16.6. The van der Waals surface area contributed by atoms with Gasteiger partial charge in [-0.3, -0.25) is 0 Å². The zero-order valence-electron chi connectivity index (χ0n) is 18.6. The minimum absolute atomic E-state index is 0.255. The predicted octanol–water partition coefficient (Wildman–Crippen LogP) is 4.11. The SMILES string of the molecule is CCOC(=O)c1[nH]ccc1NCc1ccccc1C1CN(C(=O)OC(C)(C)C)CCO1. The van der Waals surface area contributed by atoms with E-state index >= 15 is 0 Å². The second-order valence-electron chi connectivity index (χ2n) is 8.32. The van der Waals surface area contributed by atoms with Gasteiger partial charge < -0.3 is 29.4 Å². The fraction of sp³-hybridized carbons (Fsp3) is 0.478. The van der Waals surface area contributed by atoms with Crippen molar-refractivity contribution in [3.63, 3.8) is 0 Å². The first-order chi connectivity index (χ1) is 14.8. The van der Waals surface area contributed by atoms with Crippen molar-refractivity contribution in [2.24, 2.45) is 0 Å². The molecule has 0 saturated carbocycles. The highest BCUT2D eigenvalue weighted by molar-refractivity contribution is 5.93. The average Bonchev–Trinajstić information content (AvgIpc) is 3.20. The molecule has 8 nitrogen and oxygen atoms in total. The molecular weight excluding hydrogens is 398 g/mol. The average molecular weight is 430 g/mol. The number of anilines is 1. The molecule has 1 unspecified atom stereocenters. The van der Waals surface area contributed by atoms with Crippen molar-refractivity contribution in [2.45, 2.75) is 45.9 Å². The summed E-state index contributed by atoms with van der Waals surface area (Å²) >= 11 is 0. The monoisotopic (exact) mass is 429 g/mol. The summed E-state index contributed by atoms with van der Waals surface area (Å²) in [6, 6.07) is 9.72. The van der Waals surface area contributed by atoms with Crippen molar-refractivity contribution in [2.75, 3.05) is 31.6 Å². The normalized spacial score (nSPS) is 16.6. The van der Waals surface area contributed by atoms with Gasteiger partial charge in [-0.2, -0.15) is 0 Å². The lowest BCUT2D eigenvalue weighted by Crippen LogP contribution is -2.44. The molecule has 1 fully saturated rings. The van der Waals surface area contributed by atoms with Crippen LogP contribution >= 0.6 is 0 Å². The molecule has 0 spiro atoms. The van der Waals surface area contributed by atoms with Crippen LogP contribution in [-0.2, 0) is 20.8 Å². The number of H-pyrrole nitrogens is 1. The second kappa shape index (κ2) is 9.87. The van der Waals surface area contributed by atoms with Crippen LogP contribution in [0.4, 0.5) is 10.5 Å². The summed E-state index contributed by atoms with van der Waals surface area (Å²) in [5, 5.41) is 3.30. The highest BCUT2D eigenvalue weighted by atomic mass is 16.6. The molecule has 3 rings (SSSR count). The molecule has 2 N–H and O–H groups in total. The first-order valence-corrected chi connectivity index (χ1v) is 10.5. The van der Waals surface area contributed by atoms with E-state index in [1.54, 1.807) is 24.1 Å². The predicted molar refractivity (Wildman–Crippen MR) is 117 cm³/mol. The maximum absolute atomic E-state index is 12.5. The Morgan fingerprint density at radius 3 is 2.77 bits per heavy atom. The van der Waals surface area contributed by atoms with Crippen LogP contribution in [0.15, 0.2) is 36.5 Å². The van der Waals surface area contributed by atoms with Crippen molar-refractivity contribution in [3.8, 4) is 0 Å². The van der Waals surface area contributed by atoms with Crippen LogP contribution in [0.5, 0.6) is 0 Å². The fourth-order valence-electron chi connectivity index (χ4n) is 3.42. The van der Waals surface area contributed by atoms with E-state index < -0.39 is 11.6 Å². The lowest BCUT2D eigenvalue weighted by atomic mass is 10.0. The molecule has 1 aliphatic heterocycles. The van der Waals surface area contributed by atoms with Crippen LogP contribution in [0.3, 0.4) is 0 Å². The molecule has 0 aliphatic carbocycles. The van der Waals surface area contributed by atoms with Crippen LogP contribution in [-0.4, -0.2) is 53.9 Å². The molecule has 1 aromatic carbocycles. The highest BCUT2D eigenvalue weighted by Gasteiger charge is 2.29. The van der Waals surface area contributed by atoms with Crippen LogP contribution in [0.2, 0.25) is 0 Å². The van der Waals surface area contributed by atoms with E-state index in [0.29, 0.717) is 44.2 Å². The number of carbonyl (C=O) groups is 2. The number of hydrogen-bond acceptors (Lipinski definition) is 6. The molecular formula is C23H31N3O5. The third kappa shape index (κ3) is 6.01. The summed E-state index contributed by atoms with van der Waals surface area (Å²) in [5.74, 6) is -0.396. The van der Waals surface area contributed by atoms with Gasteiger partial charge >= 0.3 is 12.1 Å². The van der Waals surface area contributed by atoms with Gasteiger partial charge in [0.05, 0.1) is 25.4 Å². The first kappa shape index (κ1) is 22.7. The van der Waals surface area contributed by atoms with Crippen LogP contribution in [0.25, 0.3) is 0 Å². The molecule has 1 atom stereocenters. The smallest absolute Gasteiger partial charge is 0.410 e. The molecule has 1 aliphatic rings. The molecule has 2 heterocycles. The van der Waals surface area contributed by atoms with Gasteiger partial charge in [0.1, 0.15) is 17.4 Å². The van der Waals surface area contributed by atoms with E-state index in [0.717, 1.165) is 11.1 Å². The summed E-state index contributed by atoms with van der Waals surface area (Å²) in [5.41, 5.74) is 2.54. The molecule has 0 bridgehead atoms. The summed E-state index contributed by atoms with van der Waals surface area (Å²) in [7, 11) is 0. The number of amides is 1. The molecule has 0 radical (unpaired) electrons.